The molecule has 0 amide bonds. The van der Waals surface area contributed by atoms with Crippen LogP contribution in [0, 0.1) is 0 Å². The average molecular weight is 253 g/mol. The summed E-state index contributed by atoms with van der Waals surface area (Å²) in [5, 5.41) is 1.94. The highest BCUT2D eigenvalue weighted by Gasteiger charge is 2.06. The number of fused-ring (bicyclic) bond motifs is 5. The molecule has 18 heavy (non-hydrogen) atoms. The molecule has 2 nitrogen and oxygen atoms in total. The molecule has 3 heteroatoms. The number of benzene rings is 2. The molecule has 4 aromatic rings. The van der Waals surface area contributed by atoms with Crippen molar-refractivity contribution in [2.45, 2.75) is 0 Å². The van der Waals surface area contributed by atoms with Crippen molar-refractivity contribution < 1.29 is 0 Å². The van der Waals surface area contributed by atoms with Crippen LogP contribution in [0.5, 0.6) is 0 Å². The highest BCUT2D eigenvalue weighted by atomic mass is 35.5. The molecule has 0 atom stereocenters. The lowest BCUT2D eigenvalue weighted by atomic mass is 10.2. The second-order valence-electron chi connectivity index (χ2n) is 4.35. The fourth-order valence-electron chi connectivity index (χ4n) is 2.46. The molecule has 0 N–H and O–H groups in total. The van der Waals surface area contributed by atoms with Gasteiger partial charge >= 0.3 is 0 Å². The largest absolute Gasteiger partial charge is 0.306 e. The highest BCUT2D eigenvalue weighted by Crippen LogP contribution is 2.25. The number of aromatic nitrogens is 2. The molecule has 0 fully saturated rings. The molecule has 0 saturated heterocycles. The van der Waals surface area contributed by atoms with E-state index in [1.54, 1.807) is 0 Å². The van der Waals surface area contributed by atoms with Crippen LogP contribution in [0.25, 0.3) is 27.5 Å². The van der Waals surface area contributed by atoms with Gasteiger partial charge in [0.15, 0.2) is 0 Å². The van der Waals surface area contributed by atoms with Gasteiger partial charge in [-0.25, -0.2) is 0 Å². The summed E-state index contributed by atoms with van der Waals surface area (Å²) in [6, 6.07) is 16.3. The van der Waals surface area contributed by atoms with Gasteiger partial charge in [0.05, 0.1) is 28.3 Å². The molecule has 2 aromatic heterocycles. The summed E-state index contributed by atoms with van der Waals surface area (Å²) in [6.07, 6.45) is 1.89. The van der Waals surface area contributed by atoms with E-state index in [4.69, 9.17) is 11.6 Å². The van der Waals surface area contributed by atoms with Crippen LogP contribution in [0.3, 0.4) is 0 Å². The van der Waals surface area contributed by atoms with E-state index in [1.165, 1.54) is 10.9 Å². The van der Waals surface area contributed by atoms with Crippen molar-refractivity contribution >= 4 is 39.1 Å². The van der Waals surface area contributed by atoms with Gasteiger partial charge in [-0.1, -0.05) is 29.8 Å². The molecule has 0 aliphatic carbocycles. The van der Waals surface area contributed by atoms with E-state index in [-0.39, 0.29) is 0 Å². The van der Waals surface area contributed by atoms with Crippen LogP contribution in [0.1, 0.15) is 0 Å². The Hall–Kier alpha value is -2.06. The van der Waals surface area contributed by atoms with Crippen molar-refractivity contribution in [3.8, 4) is 0 Å². The summed E-state index contributed by atoms with van der Waals surface area (Å²) in [6.45, 7) is 0. The molecule has 0 aliphatic heterocycles. The van der Waals surface area contributed by atoms with Gasteiger partial charge in [-0.3, -0.25) is 4.98 Å². The minimum absolute atomic E-state index is 0.714. The van der Waals surface area contributed by atoms with Crippen LogP contribution in [0.15, 0.2) is 54.7 Å². The van der Waals surface area contributed by atoms with Crippen molar-refractivity contribution in [2.24, 2.45) is 0 Å². The van der Waals surface area contributed by atoms with Gasteiger partial charge < -0.3 is 4.40 Å². The summed E-state index contributed by atoms with van der Waals surface area (Å²) in [7, 11) is 0. The molecule has 0 bridgehead atoms. The minimum Gasteiger partial charge on any atom is -0.306 e. The fourth-order valence-corrected chi connectivity index (χ4v) is 2.63. The van der Waals surface area contributed by atoms with E-state index in [1.807, 2.05) is 30.5 Å². The van der Waals surface area contributed by atoms with E-state index in [2.05, 4.69) is 33.7 Å². The van der Waals surface area contributed by atoms with Crippen molar-refractivity contribution in [3.05, 3.63) is 59.8 Å². The lowest BCUT2D eigenvalue weighted by molar-refractivity contribution is 1.27. The Kier molecular flexibility index (Phi) is 1.91. The Bertz CT molecular complexity index is 893. The maximum Gasteiger partial charge on any atom is 0.0885 e. The van der Waals surface area contributed by atoms with Crippen LogP contribution >= 0.6 is 11.6 Å². The first-order chi connectivity index (χ1) is 8.83. The smallest absolute Gasteiger partial charge is 0.0885 e. The summed E-state index contributed by atoms with van der Waals surface area (Å²) in [5.74, 6) is 0. The van der Waals surface area contributed by atoms with Crippen molar-refractivity contribution in [1.29, 1.82) is 0 Å². The highest BCUT2D eigenvalue weighted by molar-refractivity contribution is 6.31. The Balaban J connectivity index is 2.32. The first-order valence-corrected chi connectivity index (χ1v) is 6.15. The van der Waals surface area contributed by atoms with Gasteiger partial charge in [0.1, 0.15) is 0 Å². The average Bonchev–Trinajstić information content (AvgIpc) is 2.77. The van der Waals surface area contributed by atoms with Crippen molar-refractivity contribution in [1.82, 2.24) is 9.38 Å². The number of rotatable bonds is 0. The molecule has 2 heterocycles. The third kappa shape index (κ3) is 1.27. The summed E-state index contributed by atoms with van der Waals surface area (Å²) < 4.78 is 2.22. The number of hydrogen-bond acceptors (Lipinski definition) is 1. The van der Waals surface area contributed by atoms with Crippen LogP contribution in [0.4, 0.5) is 0 Å². The Morgan fingerprint density at radius 1 is 0.944 bits per heavy atom. The van der Waals surface area contributed by atoms with E-state index in [0.717, 1.165) is 16.6 Å². The number of para-hydroxylation sites is 1. The van der Waals surface area contributed by atoms with E-state index in [0.29, 0.717) is 5.02 Å². The molecule has 0 unspecified atom stereocenters. The predicted octanol–water partition coefficient (Wildman–Crippen LogP) is 4.29. The van der Waals surface area contributed by atoms with Gasteiger partial charge in [-0.2, -0.15) is 0 Å². The second kappa shape index (κ2) is 3.47. The van der Waals surface area contributed by atoms with Crippen LogP contribution in [-0.2, 0) is 0 Å². The van der Waals surface area contributed by atoms with Gasteiger partial charge in [-0.05, 0) is 30.3 Å². The van der Waals surface area contributed by atoms with Gasteiger partial charge in [0, 0.05) is 10.4 Å². The lowest BCUT2D eigenvalue weighted by Gasteiger charge is -2.03. The summed E-state index contributed by atoms with van der Waals surface area (Å²) >= 11 is 6.01. The SMILES string of the molecule is Clc1ccc2c(c1)ncc1cc3ccccc3n12. The molecule has 0 aliphatic rings. The van der Waals surface area contributed by atoms with Crippen molar-refractivity contribution in [3.63, 3.8) is 0 Å². The first kappa shape index (κ1) is 9.92. The van der Waals surface area contributed by atoms with Gasteiger partial charge in [-0.15, -0.1) is 0 Å². The van der Waals surface area contributed by atoms with Crippen LogP contribution in [-0.4, -0.2) is 9.38 Å². The quantitative estimate of drug-likeness (QED) is 0.456. The molecular weight excluding hydrogens is 244 g/mol. The minimum atomic E-state index is 0.714. The Labute approximate surface area is 108 Å². The molecule has 2 aromatic carbocycles. The zero-order valence-corrected chi connectivity index (χ0v) is 10.2. The van der Waals surface area contributed by atoms with Gasteiger partial charge in [0.2, 0.25) is 0 Å². The molecule has 0 spiro atoms. The Morgan fingerprint density at radius 2 is 1.83 bits per heavy atom. The lowest BCUT2D eigenvalue weighted by Crippen LogP contribution is -1.90. The van der Waals surface area contributed by atoms with Crippen molar-refractivity contribution in [2.75, 3.05) is 0 Å². The fraction of sp³-hybridized carbons (Fsp3) is 0. The normalized spacial score (nSPS) is 11.6. The summed E-state index contributed by atoms with van der Waals surface area (Å²) in [4.78, 5) is 4.46. The topological polar surface area (TPSA) is 17.3 Å². The first-order valence-electron chi connectivity index (χ1n) is 5.77. The van der Waals surface area contributed by atoms with Crippen LogP contribution < -0.4 is 0 Å². The molecular formula is C15H9ClN2. The maximum absolute atomic E-state index is 6.01. The molecule has 0 radical (unpaired) electrons. The zero-order chi connectivity index (χ0) is 12.1. The van der Waals surface area contributed by atoms with E-state index in [9.17, 15) is 0 Å². The standard InChI is InChI=1S/C15H9ClN2/c16-11-5-6-15-13(8-11)17-9-12-7-10-3-1-2-4-14(10)18(12)15/h1-9H. The predicted molar refractivity (Wildman–Crippen MR) is 75.2 cm³/mol. The van der Waals surface area contributed by atoms with E-state index >= 15 is 0 Å². The van der Waals surface area contributed by atoms with Gasteiger partial charge in [0.25, 0.3) is 0 Å². The number of hydrogen-bond donors (Lipinski definition) is 0. The maximum atomic E-state index is 6.01. The monoisotopic (exact) mass is 252 g/mol. The third-order valence-corrected chi connectivity index (χ3v) is 3.49. The van der Waals surface area contributed by atoms with Crippen LogP contribution in [0.2, 0.25) is 5.02 Å². The summed E-state index contributed by atoms with van der Waals surface area (Å²) in [5.41, 5.74) is 4.29. The second-order valence-corrected chi connectivity index (χ2v) is 4.79. The third-order valence-electron chi connectivity index (χ3n) is 3.25. The molecule has 4 rings (SSSR count). The molecule has 86 valence electrons. The molecule has 0 saturated carbocycles. The zero-order valence-electron chi connectivity index (χ0n) is 9.47. The Morgan fingerprint density at radius 3 is 2.78 bits per heavy atom. The van der Waals surface area contributed by atoms with E-state index < -0.39 is 0 Å². The number of halogens is 1. The number of nitrogens with zero attached hydrogens (tertiary/aromatic N) is 2.